The van der Waals surface area contributed by atoms with E-state index in [0.717, 1.165) is 33.7 Å². The third-order valence-corrected chi connectivity index (χ3v) is 5.15. The van der Waals surface area contributed by atoms with Crippen LogP contribution in [0.25, 0.3) is 0 Å². The Morgan fingerprint density at radius 2 is 2.04 bits per heavy atom. The van der Waals surface area contributed by atoms with E-state index in [0.29, 0.717) is 13.0 Å². The van der Waals surface area contributed by atoms with E-state index in [4.69, 9.17) is 21.4 Å². The number of carbonyl (C=O) groups is 1. The van der Waals surface area contributed by atoms with Crippen LogP contribution in [0.15, 0.2) is 47.4 Å². The van der Waals surface area contributed by atoms with Crippen molar-refractivity contribution in [1.82, 2.24) is 0 Å². The highest BCUT2D eigenvalue weighted by molar-refractivity contribution is 8.00. The minimum atomic E-state index is -0.799. The van der Waals surface area contributed by atoms with Gasteiger partial charge in [0.15, 0.2) is 0 Å². The van der Waals surface area contributed by atoms with Crippen molar-refractivity contribution >= 4 is 40.9 Å². The normalized spacial score (nSPS) is 13.5. The molecule has 0 amide bonds. The first-order chi connectivity index (χ1) is 12.0. The van der Waals surface area contributed by atoms with Gasteiger partial charge in [0.1, 0.15) is 12.4 Å². The van der Waals surface area contributed by atoms with Gasteiger partial charge in [0.25, 0.3) is 0 Å². The fourth-order valence-electron chi connectivity index (χ4n) is 2.53. The van der Waals surface area contributed by atoms with Crippen molar-refractivity contribution in [2.45, 2.75) is 17.7 Å². The van der Waals surface area contributed by atoms with Gasteiger partial charge in [-0.25, -0.2) is 0 Å². The topological polar surface area (TPSA) is 53.0 Å². The van der Waals surface area contributed by atoms with Crippen molar-refractivity contribution in [2.75, 3.05) is 29.5 Å². The SMILES string of the molecule is CN1CN(c2ccc(Cl)cc2)Sc2ccc(OCCCC(=O)O)cc21. The van der Waals surface area contributed by atoms with Crippen molar-refractivity contribution < 1.29 is 14.6 Å². The van der Waals surface area contributed by atoms with Crippen LogP contribution in [-0.2, 0) is 4.79 Å². The number of anilines is 2. The molecule has 0 radical (unpaired) electrons. The lowest BCUT2D eigenvalue weighted by Gasteiger charge is -2.36. The molecule has 3 rings (SSSR count). The van der Waals surface area contributed by atoms with Gasteiger partial charge in [-0.1, -0.05) is 11.6 Å². The van der Waals surface area contributed by atoms with E-state index in [1.807, 2.05) is 49.5 Å². The van der Waals surface area contributed by atoms with Crippen LogP contribution in [0.2, 0.25) is 5.02 Å². The molecule has 132 valence electrons. The predicted molar refractivity (Wildman–Crippen MR) is 102 cm³/mol. The number of aliphatic carboxylic acids is 1. The zero-order valence-electron chi connectivity index (χ0n) is 13.8. The summed E-state index contributed by atoms with van der Waals surface area (Å²) in [5.74, 6) is -0.0380. The van der Waals surface area contributed by atoms with E-state index in [1.165, 1.54) is 0 Å². The monoisotopic (exact) mass is 378 g/mol. The standard InChI is InChI=1S/C18H19ClN2O3S/c1-20-12-21(14-6-4-13(19)5-7-14)25-17-9-8-15(11-16(17)20)24-10-2-3-18(22)23/h4-9,11H,2-3,10,12H2,1H3,(H,22,23). The number of ether oxygens (including phenoxy) is 1. The third-order valence-electron chi connectivity index (χ3n) is 3.81. The summed E-state index contributed by atoms with van der Waals surface area (Å²) in [4.78, 5) is 13.8. The Hall–Kier alpha value is -2.05. The van der Waals surface area contributed by atoms with Gasteiger partial charge in [0.05, 0.1) is 17.2 Å². The van der Waals surface area contributed by atoms with Crippen molar-refractivity contribution in [3.63, 3.8) is 0 Å². The lowest BCUT2D eigenvalue weighted by molar-refractivity contribution is -0.137. The average molecular weight is 379 g/mol. The fourth-order valence-corrected chi connectivity index (χ4v) is 3.79. The maximum atomic E-state index is 10.5. The van der Waals surface area contributed by atoms with Crippen LogP contribution in [0.1, 0.15) is 12.8 Å². The molecule has 0 aromatic heterocycles. The molecule has 1 aliphatic rings. The van der Waals surface area contributed by atoms with Crippen molar-refractivity contribution in [3.05, 3.63) is 47.5 Å². The van der Waals surface area contributed by atoms with Gasteiger partial charge in [-0.2, -0.15) is 0 Å². The molecule has 5 nitrogen and oxygen atoms in total. The van der Waals surface area contributed by atoms with Crippen LogP contribution >= 0.6 is 23.5 Å². The minimum absolute atomic E-state index is 0.122. The van der Waals surface area contributed by atoms with Crippen molar-refractivity contribution in [1.29, 1.82) is 0 Å². The van der Waals surface area contributed by atoms with Crippen LogP contribution in [0.5, 0.6) is 5.75 Å². The largest absolute Gasteiger partial charge is 0.494 e. The van der Waals surface area contributed by atoms with Gasteiger partial charge in [0.2, 0.25) is 0 Å². The number of halogens is 1. The molecule has 0 atom stereocenters. The van der Waals surface area contributed by atoms with Crippen LogP contribution in [-0.4, -0.2) is 31.4 Å². The molecule has 0 saturated heterocycles. The van der Waals surface area contributed by atoms with E-state index >= 15 is 0 Å². The molecule has 1 aliphatic heterocycles. The molecule has 1 heterocycles. The summed E-state index contributed by atoms with van der Waals surface area (Å²) in [5, 5.41) is 9.39. The molecular weight excluding hydrogens is 360 g/mol. The second kappa shape index (κ2) is 7.89. The summed E-state index contributed by atoms with van der Waals surface area (Å²) in [6.07, 6.45) is 0.623. The Morgan fingerprint density at radius 3 is 2.76 bits per heavy atom. The van der Waals surface area contributed by atoms with Gasteiger partial charge < -0.3 is 14.7 Å². The van der Waals surface area contributed by atoms with Crippen LogP contribution in [0, 0.1) is 0 Å². The summed E-state index contributed by atoms with van der Waals surface area (Å²) in [5.41, 5.74) is 2.20. The van der Waals surface area contributed by atoms with Gasteiger partial charge in [-0.3, -0.25) is 9.10 Å². The average Bonchev–Trinajstić information content (AvgIpc) is 2.59. The second-order valence-electron chi connectivity index (χ2n) is 5.76. The van der Waals surface area contributed by atoms with Gasteiger partial charge in [-0.15, -0.1) is 0 Å². The number of benzene rings is 2. The Labute approximate surface area is 156 Å². The van der Waals surface area contributed by atoms with Crippen molar-refractivity contribution in [3.8, 4) is 5.75 Å². The van der Waals surface area contributed by atoms with Gasteiger partial charge >= 0.3 is 5.97 Å². The van der Waals surface area contributed by atoms with Gasteiger partial charge in [0, 0.05) is 30.2 Å². The van der Waals surface area contributed by atoms with Crippen LogP contribution < -0.4 is 13.9 Å². The number of rotatable bonds is 6. The Kier molecular flexibility index (Phi) is 5.60. The molecule has 0 fully saturated rings. The first-order valence-corrected chi connectivity index (χ1v) is 9.09. The van der Waals surface area contributed by atoms with E-state index in [2.05, 4.69) is 9.21 Å². The summed E-state index contributed by atoms with van der Waals surface area (Å²) in [7, 11) is 2.04. The van der Waals surface area contributed by atoms with Crippen molar-refractivity contribution in [2.24, 2.45) is 0 Å². The third kappa shape index (κ3) is 4.52. The lowest BCUT2D eigenvalue weighted by atomic mass is 10.2. The molecule has 2 aromatic rings. The molecule has 0 saturated carbocycles. The molecule has 2 aromatic carbocycles. The highest BCUT2D eigenvalue weighted by Gasteiger charge is 2.22. The summed E-state index contributed by atoms with van der Waals surface area (Å²) in [6, 6.07) is 13.8. The van der Waals surface area contributed by atoms with Crippen LogP contribution in [0.3, 0.4) is 0 Å². The van der Waals surface area contributed by atoms with E-state index in [-0.39, 0.29) is 6.42 Å². The first-order valence-electron chi connectivity index (χ1n) is 7.94. The first kappa shape index (κ1) is 17.8. The number of nitrogens with zero attached hydrogens (tertiary/aromatic N) is 2. The predicted octanol–water partition coefficient (Wildman–Crippen LogP) is 4.50. The molecule has 0 spiro atoms. The number of fused-ring (bicyclic) bond motifs is 1. The fraction of sp³-hybridized carbons (Fsp3) is 0.278. The van der Waals surface area contributed by atoms with E-state index in [9.17, 15) is 4.79 Å². The maximum absolute atomic E-state index is 10.5. The number of hydrogen-bond donors (Lipinski definition) is 1. The molecular formula is C18H19ClN2O3S. The summed E-state index contributed by atoms with van der Waals surface area (Å²) in [6.45, 7) is 1.14. The molecule has 0 bridgehead atoms. The highest BCUT2D eigenvalue weighted by atomic mass is 35.5. The highest BCUT2D eigenvalue weighted by Crippen LogP contribution is 2.41. The quantitative estimate of drug-likeness (QED) is 0.589. The minimum Gasteiger partial charge on any atom is -0.494 e. The van der Waals surface area contributed by atoms with Gasteiger partial charge in [-0.05, 0) is 54.8 Å². The maximum Gasteiger partial charge on any atom is 0.303 e. The zero-order chi connectivity index (χ0) is 17.8. The second-order valence-corrected chi connectivity index (χ2v) is 7.26. The number of hydrogen-bond acceptors (Lipinski definition) is 5. The van der Waals surface area contributed by atoms with E-state index < -0.39 is 5.97 Å². The molecule has 7 heteroatoms. The Morgan fingerprint density at radius 1 is 1.28 bits per heavy atom. The smallest absolute Gasteiger partial charge is 0.303 e. The Bertz CT molecular complexity index is 754. The Balaban J connectivity index is 1.68. The summed E-state index contributed by atoms with van der Waals surface area (Å²) < 4.78 is 7.87. The number of carboxylic acid groups (broad SMARTS) is 1. The lowest BCUT2D eigenvalue weighted by Crippen LogP contribution is -2.35. The summed E-state index contributed by atoms with van der Waals surface area (Å²) >= 11 is 7.64. The molecule has 25 heavy (non-hydrogen) atoms. The molecule has 0 unspecified atom stereocenters. The van der Waals surface area contributed by atoms with Crippen LogP contribution in [0.4, 0.5) is 11.4 Å². The molecule has 0 aliphatic carbocycles. The molecule has 1 N–H and O–H groups in total. The van der Waals surface area contributed by atoms with E-state index in [1.54, 1.807) is 11.9 Å². The zero-order valence-corrected chi connectivity index (χ0v) is 15.4. The number of carboxylic acids is 1.